The van der Waals surface area contributed by atoms with E-state index >= 15 is 0 Å². The second kappa shape index (κ2) is 12.9. The first-order chi connectivity index (χ1) is 20.3. The van der Waals surface area contributed by atoms with Crippen LogP contribution in [-0.4, -0.2) is 46.3 Å². The van der Waals surface area contributed by atoms with Crippen LogP contribution in [0.1, 0.15) is 28.6 Å². The number of halogens is 1. The van der Waals surface area contributed by atoms with E-state index in [4.69, 9.17) is 14.2 Å². The lowest BCUT2D eigenvalue weighted by molar-refractivity contribution is -0.137. The van der Waals surface area contributed by atoms with E-state index in [0.717, 1.165) is 23.1 Å². The predicted octanol–water partition coefficient (Wildman–Crippen LogP) is 5.47. The van der Waals surface area contributed by atoms with Gasteiger partial charge in [-0.25, -0.2) is 14.4 Å². The van der Waals surface area contributed by atoms with Crippen molar-refractivity contribution < 1.29 is 28.2 Å². The molecule has 0 radical (unpaired) electrons. The standard InChI is InChI=1S/C31H29FN4O5S/c1-19-13-20(2)34-31(33-19)42-17-28(37)36(16-22-7-4-5-10-25(22)32)29(21-8-6-9-24(14-21)39-3)30(38)35-23-11-12-26-27(15-23)41-18-40-26/h4-15,29H,16-18H2,1-3H3,(H,35,38). The van der Waals surface area contributed by atoms with Gasteiger partial charge in [0, 0.05) is 35.2 Å². The van der Waals surface area contributed by atoms with Gasteiger partial charge in [0.25, 0.3) is 5.91 Å². The Morgan fingerprint density at radius 1 is 1.00 bits per heavy atom. The summed E-state index contributed by atoms with van der Waals surface area (Å²) >= 11 is 1.16. The van der Waals surface area contributed by atoms with E-state index in [1.165, 1.54) is 18.1 Å². The number of anilines is 1. The summed E-state index contributed by atoms with van der Waals surface area (Å²) in [5, 5.41) is 3.34. The van der Waals surface area contributed by atoms with Crippen molar-refractivity contribution in [3.05, 3.63) is 101 Å². The van der Waals surface area contributed by atoms with Crippen LogP contribution in [0.4, 0.5) is 10.1 Å². The molecule has 1 aliphatic heterocycles. The Labute approximate surface area is 247 Å². The number of rotatable bonds is 10. The van der Waals surface area contributed by atoms with Crippen molar-refractivity contribution in [3.63, 3.8) is 0 Å². The van der Waals surface area contributed by atoms with Gasteiger partial charge in [-0.15, -0.1) is 0 Å². The van der Waals surface area contributed by atoms with Crippen LogP contribution in [0.15, 0.2) is 78.0 Å². The Hall–Kier alpha value is -4.64. The molecule has 3 aromatic carbocycles. The maximum atomic E-state index is 14.9. The normalized spacial score (nSPS) is 12.5. The van der Waals surface area contributed by atoms with Crippen LogP contribution in [0.2, 0.25) is 0 Å². The Morgan fingerprint density at radius 3 is 2.52 bits per heavy atom. The zero-order valence-corrected chi connectivity index (χ0v) is 24.1. The molecule has 0 bridgehead atoms. The van der Waals surface area contributed by atoms with E-state index in [2.05, 4.69) is 15.3 Å². The summed E-state index contributed by atoms with van der Waals surface area (Å²) in [6, 6.07) is 18.8. The molecule has 0 spiro atoms. The minimum atomic E-state index is -1.14. The summed E-state index contributed by atoms with van der Waals surface area (Å²) in [5.41, 5.74) is 2.76. The van der Waals surface area contributed by atoms with E-state index in [9.17, 15) is 14.0 Å². The topological polar surface area (TPSA) is 103 Å². The molecule has 11 heteroatoms. The molecule has 1 N–H and O–H groups in total. The van der Waals surface area contributed by atoms with Gasteiger partial charge in [0.1, 0.15) is 17.6 Å². The first-order valence-electron chi connectivity index (χ1n) is 13.1. The lowest BCUT2D eigenvalue weighted by Crippen LogP contribution is -2.42. The van der Waals surface area contributed by atoms with E-state index in [1.54, 1.807) is 60.7 Å². The third-order valence-electron chi connectivity index (χ3n) is 6.52. The van der Waals surface area contributed by atoms with Crippen molar-refractivity contribution in [2.24, 2.45) is 0 Å². The molecule has 0 fully saturated rings. The number of hydrogen-bond donors (Lipinski definition) is 1. The van der Waals surface area contributed by atoms with Crippen LogP contribution in [0.5, 0.6) is 17.2 Å². The lowest BCUT2D eigenvalue weighted by atomic mass is 10.0. The van der Waals surface area contributed by atoms with Gasteiger partial charge in [-0.2, -0.15) is 0 Å². The van der Waals surface area contributed by atoms with Crippen LogP contribution in [0.3, 0.4) is 0 Å². The Balaban J connectivity index is 1.51. The largest absolute Gasteiger partial charge is 0.497 e. The number of thioether (sulfide) groups is 1. The minimum Gasteiger partial charge on any atom is -0.497 e. The Bertz CT molecular complexity index is 1600. The van der Waals surface area contributed by atoms with Crippen LogP contribution in [0.25, 0.3) is 0 Å². The highest BCUT2D eigenvalue weighted by molar-refractivity contribution is 7.99. The van der Waals surface area contributed by atoms with Gasteiger partial charge in [-0.1, -0.05) is 42.1 Å². The van der Waals surface area contributed by atoms with Crippen molar-refractivity contribution in [2.75, 3.05) is 25.0 Å². The molecule has 2 amide bonds. The Morgan fingerprint density at radius 2 is 1.76 bits per heavy atom. The number of fused-ring (bicyclic) bond motifs is 1. The van der Waals surface area contributed by atoms with Gasteiger partial charge in [0.2, 0.25) is 12.7 Å². The van der Waals surface area contributed by atoms with Crippen LogP contribution in [0, 0.1) is 19.7 Å². The number of aromatic nitrogens is 2. The van der Waals surface area contributed by atoms with Crippen molar-refractivity contribution in [1.82, 2.24) is 14.9 Å². The van der Waals surface area contributed by atoms with E-state index in [-0.39, 0.29) is 24.7 Å². The third-order valence-corrected chi connectivity index (χ3v) is 7.35. The zero-order chi connectivity index (χ0) is 29.6. The Kier molecular flexibility index (Phi) is 8.87. The maximum Gasteiger partial charge on any atom is 0.251 e. The monoisotopic (exact) mass is 588 g/mol. The molecule has 0 aliphatic carbocycles. The molecule has 1 unspecified atom stereocenters. The number of amides is 2. The number of nitrogens with one attached hydrogen (secondary N) is 1. The molecule has 42 heavy (non-hydrogen) atoms. The zero-order valence-electron chi connectivity index (χ0n) is 23.3. The molecule has 4 aromatic rings. The lowest BCUT2D eigenvalue weighted by Gasteiger charge is -2.32. The fraction of sp³-hybridized carbons (Fsp3) is 0.226. The van der Waals surface area contributed by atoms with Crippen molar-refractivity contribution in [3.8, 4) is 17.2 Å². The molecule has 0 saturated carbocycles. The fourth-order valence-electron chi connectivity index (χ4n) is 4.57. The number of methoxy groups -OCH3 is 1. The van der Waals surface area contributed by atoms with Gasteiger partial charge in [-0.05, 0) is 55.8 Å². The van der Waals surface area contributed by atoms with Gasteiger partial charge in [-0.3, -0.25) is 9.59 Å². The van der Waals surface area contributed by atoms with E-state index in [0.29, 0.717) is 33.7 Å². The minimum absolute atomic E-state index is 0.0743. The van der Waals surface area contributed by atoms with Crippen molar-refractivity contribution in [1.29, 1.82) is 0 Å². The third kappa shape index (κ3) is 6.80. The molecule has 1 aromatic heterocycles. The summed E-state index contributed by atoms with van der Waals surface area (Å²) in [4.78, 5) is 38.2. The summed E-state index contributed by atoms with van der Waals surface area (Å²) in [7, 11) is 1.52. The van der Waals surface area contributed by atoms with Crippen LogP contribution < -0.4 is 19.5 Å². The molecular weight excluding hydrogens is 559 g/mol. The van der Waals surface area contributed by atoms with E-state index in [1.807, 2.05) is 19.9 Å². The molecule has 2 heterocycles. The summed E-state index contributed by atoms with van der Waals surface area (Å²) in [6.07, 6.45) is 0. The van der Waals surface area contributed by atoms with Gasteiger partial charge >= 0.3 is 0 Å². The number of carbonyl (C=O) groups is 2. The highest BCUT2D eigenvalue weighted by atomic mass is 32.2. The number of hydrogen-bond acceptors (Lipinski definition) is 8. The number of carbonyl (C=O) groups excluding carboxylic acids is 2. The van der Waals surface area contributed by atoms with Crippen LogP contribution in [-0.2, 0) is 16.1 Å². The molecule has 1 aliphatic rings. The smallest absolute Gasteiger partial charge is 0.251 e. The average molecular weight is 589 g/mol. The van der Waals surface area contributed by atoms with Gasteiger partial charge < -0.3 is 24.4 Å². The fourth-order valence-corrected chi connectivity index (χ4v) is 5.41. The number of ether oxygens (including phenoxy) is 3. The highest BCUT2D eigenvalue weighted by Gasteiger charge is 2.33. The summed E-state index contributed by atoms with van der Waals surface area (Å²) < 4.78 is 31.1. The molecule has 216 valence electrons. The molecule has 5 rings (SSSR count). The average Bonchev–Trinajstić information content (AvgIpc) is 3.44. The summed E-state index contributed by atoms with van der Waals surface area (Å²) in [6.45, 7) is 3.64. The van der Waals surface area contributed by atoms with Crippen molar-refractivity contribution >= 4 is 29.3 Å². The first-order valence-corrected chi connectivity index (χ1v) is 14.1. The molecule has 0 saturated heterocycles. The molecule has 1 atom stereocenters. The van der Waals surface area contributed by atoms with Crippen molar-refractivity contribution in [2.45, 2.75) is 31.6 Å². The quantitative estimate of drug-likeness (QED) is 0.192. The number of benzene rings is 3. The maximum absolute atomic E-state index is 14.9. The summed E-state index contributed by atoms with van der Waals surface area (Å²) in [5.74, 6) is 0.106. The number of aryl methyl sites for hydroxylation is 2. The van der Waals surface area contributed by atoms with Gasteiger partial charge in [0.15, 0.2) is 16.7 Å². The second-order valence-electron chi connectivity index (χ2n) is 9.57. The van der Waals surface area contributed by atoms with E-state index < -0.39 is 23.7 Å². The second-order valence-corrected chi connectivity index (χ2v) is 10.5. The predicted molar refractivity (Wildman–Crippen MR) is 156 cm³/mol. The molecule has 9 nitrogen and oxygen atoms in total. The molecular formula is C31H29FN4O5S. The van der Waals surface area contributed by atoms with Crippen LogP contribution >= 0.6 is 11.8 Å². The number of nitrogens with zero attached hydrogens (tertiary/aromatic N) is 3. The highest BCUT2D eigenvalue weighted by Crippen LogP contribution is 2.35. The SMILES string of the molecule is COc1cccc(C(C(=O)Nc2ccc3c(c2)OCO3)N(Cc2ccccc2F)C(=O)CSc2nc(C)cc(C)n2)c1. The first kappa shape index (κ1) is 28.9. The van der Waals surface area contributed by atoms with Gasteiger partial charge in [0.05, 0.1) is 12.9 Å².